The summed E-state index contributed by atoms with van der Waals surface area (Å²) in [7, 11) is 2.75. The lowest BCUT2D eigenvalue weighted by atomic mass is 10.1. The van der Waals surface area contributed by atoms with Crippen molar-refractivity contribution in [2.24, 2.45) is 4.99 Å². The molecule has 0 unspecified atom stereocenters. The second-order valence-electron chi connectivity index (χ2n) is 6.14. The molecule has 11 nitrogen and oxygen atoms in total. The summed E-state index contributed by atoms with van der Waals surface area (Å²) >= 11 is 0. The molecule has 11 heteroatoms. The van der Waals surface area contributed by atoms with Crippen LogP contribution >= 0.6 is 0 Å². The molecular weight excluding hydrogens is 412 g/mol. The van der Waals surface area contributed by atoms with Crippen molar-refractivity contribution in [1.29, 1.82) is 0 Å². The van der Waals surface area contributed by atoms with Crippen molar-refractivity contribution < 1.29 is 37.7 Å². The van der Waals surface area contributed by atoms with Crippen LogP contribution in [0.3, 0.4) is 0 Å². The van der Waals surface area contributed by atoms with E-state index in [2.05, 4.69) is 10.3 Å². The number of carbonyl (C=O) groups is 2. The molecule has 2 aromatic heterocycles. The number of rotatable bonds is 8. The summed E-state index contributed by atoms with van der Waals surface area (Å²) in [4.78, 5) is 39.3. The molecule has 2 N–H and O–H groups in total. The van der Waals surface area contributed by atoms with E-state index >= 15 is 0 Å². The van der Waals surface area contributed by atoms with E-state index in [4.69, 9.17) is 23.0 Å². The Balaban J connectivity index is 1.96. The van der Waals surface area contributed by atoms with Crippen LogP contribution in [0.25, 0.3) is 21.9 Å². The average Bonchev–Trinajstić information content (AvgIpc) is 3.22. The number of benzene rings is 1. The Morgan fingerprint density at radius 3 is 2.65 bits per heavy atom. The van der Waals surface area contributed by atoms with Gasteiger partial charge in [0.2, 0.25) is 11.7 Å². The van der Waals surface area contributed by atoms with Crippen LogP contribution in [0.15, 0.2) is 31.0 Å². The van der Waals surface area contributed by atoms with Gasteiger partial charge >= 0.3 is 11.6 Å². The minimum Gasteiger partial charge on any atom is -0.506 e. The van der Waals surface area contributed by atoms with Gasteiger partial charge in [0.15, 0.2) is 11.2 Å². The third-order valence-electron chi connectivity index (χ3n) is 4.28. The summed E-state index contributed by atoms with van der Waals surface area (Å²) in [6, 6.07) is 1.61. The lowest BCUT2D eigenvalue weighted by Crippen LogP contribution is -2.32. The number of carbonyl (C=O) groups excluding carboxylic acids is 2. The molecule has 0 bridgehead atoms. The number of fused-ring (bicyclic) bond motifs is 2. The predicted molar refractivity (Wildman–Crippen MR) is 109 cm³/mol. The molecule has 0 aliphatic carbocycles. The maximum atomic E-state index is 12.5. The topological polar surface area (TPSA) is 150 Å². The number of ether oxygens (including phenoxy) is 3. The Labute approximate surface area is 175 Å². The number of furan rings is 1. The summed E-state index contributed by atoms with van der Waals surface area (Å²) in [6.45, 7) is 1.15. The van der Waals surface area contributed by atoms with Crippen molar-refractivity contribution in [3.8, 4) is 17.2 Å². The molecule has 0 atom stereocenters. The number of nitrogens with zero attached hydrogens (tertiary/aromatic N) is 1. The van der Waals surface area contributed by atoms with Crippen molar-refractivity contribution in [2.75, 3.05) is 33.9 Å². The molecule has 2 heterocycles. The summed E-state index contributed by atoms with van der Waals surface area (Å²) in [5.41, 5.74) is -0.969. The third kappa shape index (κ3) is 4.15. The molecule has 1 amide bonds. The van der Waals surface area contributed by atoms with Gasteiger partial charge in [-0.1, -0.05) is 0 Å². The minimum absolute atomic E-state index is 0.0615. The minimum atomic E-state index is -0.910. The number of esters is 1. The van der Waals surface area contributed by atoms with Gasteiger partial charge < -0.3 is 33.5 Å². The number of hydrogen-bond donors (Lipinski definition) is 2. The van der Waals surface area contributed by atoms with Crippen molar-refractivity contribution in [1.82, 2.24) is 5.32 Å². The highest BCUT2D eigenvalue weighted by atomic mass is 16.5. The molecule has 0 spiro atoms. The van der Waals surface area contributed by atoms with Crippen molar-refractivity contribution >= 4 is 40.0 Å². The molecule has 0 saturated carbocycles. The molecule has 0 fully saturated rings. The molecule has 0 saturated heterocycles. The summed E-state index contributed by atoms with van der Waals surface area (Å²) in [6.07, 6.45) is 2.41. The van der Waals surface area contributed by atoms with E-state index in [-0.39, 0.29) is 46.8 Å². The molecule has 164 valence electrons. The van der Waals surface area contributed by atoms with E-state index in [1.54, 1.807) is 13.0 Å². The average molecular weight is 432 g/mol. The summed E-state index contributed by atoms with van der Waals surface area (Å²) in [5.74, 6) is -1.29. The number of hydrogen-bond acceptors (Lipinski definition) is 10. The van der Waals surface area contributed by atoms with Crippen LogP contribution in [0.2, 0.25) is 0 Å². The Kier molecular flexibility index (Phi) is 6.43. The first-order chi connectivity index (χ1) is 14.9. The van der Waals surface area contributed by atoms with Crippen molar-refractivity contribution in [3.05, 3.63) is 28.3 Å². The van der Waals surface area contributed by atoms with Crippen LogP contribution in [0.5, 0.6) is 17.2 Å². The second-order valence-corrected chi connectivity index (χ2v) is 6.14. The van der Waals surface area contributed by atoms with Gasteiger partial charge in [0.1, 0.15) is 35.5 Å². The van der Waals surface area contributed by atoms with E-state index in [1.807, 2.05) is 0 Å². The lowest BCUT2D eigenvalue weighted by Gasteiger charge is -2.12. The normalized spacial score (nSPS) is 11.2. The Morgan fingerprint density at radius 2 is 1.97 bits per heavy atom. The smallest absolute Gasteiger partial charge is 0.349 e. The second kappa shape index (κ2) is 9.20. The first kappa shape index (κ1) is 21.7. The van der Waals surface area contributed by atoms with Gasteiger partial charge in [0.05, 0.1) is 32.5 Å². The van der Waals surface area contributed by atoms with E-state index in [0.29, 0.717) is 5.39 Å². The fourth-order valence-electron chi connectivity index (χ4n) is 2.98. The molecule has 3 rings (SSSR count). The van der Waals surface area contributed by atoms with Gasteiger partial charge in [0, 0.05) is 6.21 Å². The zero-order valence-electron chi connectivity index (χ0n) is 17.0. The van der Waals surface area contributed by atoms with Crippen LogP contribution in [0.4, 0.5) is 0 Å². The monoisotopic (exact) mass is 432 g/mol. The lowest BCUT2D eigenvalue weighted by molar-refractivity contribution is -0.143. The van der Waals surface area contributed by atoms with Crippen LogP contribution in [-0.2, 0) is 14.3 Å². The summed E-state index contributed by atoms with van der Waals surface area (Å²) < 4.78 is 26.1. The van der Waals surface area contributed by atoms with E-state index in [9.17, 15) is 19.5 Å². The highest BCUT2D eigenvalue weighted by Gasteiger charge is 2.25. The van der Waals surface area contributed by atoms with Gasteiger partial charge in [0.25, 0.3) is 0 Å². The maximum Gasteiger partial charge on any atom is 0.349 e. The number of nitrogens with one attached hydrogen (secondary N) is 1. The molecule has 0 aliphatic rings. The maximum absolute atomic E-state index is 12.5. The molecule has 0 radical (unpaired) electrons. The van der Waals surface area contributed by atoms with Crippen LogP contribution in [-0.4, -0.2) is 57.1 Å². The van der Waals surface area contributed by atoms with E-state index in [0.717, 1.165) is 6.21 Å². The quantitative estimate of drug-likeness (QED) is 0.305. The first-order valence-electron chi connectivity index (χ1n) is 9.15. The highest BCUT2D eigenvalue weighted by molar-refractivity contribution is 6.10. The zero-order chi connectivity index (χ0) is 22.5. The molecule has 3 aromatic rings. The highest BCUT2D eigenvalue weighted by Crippen LogP contribution is 2.46. The summed E-state index contributed by atoms with van der Waals surface area (Å²) in [5, 5.41) is 13.7. The van der Waals surface area contributed by atoms with E-state index in [1.165, 1.54) is 20.5 Å². The van der Waals surface area contributed by atoms with Crippen LogP contribution in [0, 0.1) is 0 Å². The van der Waals surface area contributed by atoms with Gasteiger partial charge in [-0.15, -0.1) is 0 Å². The van der Waals surface area contributed by atoms with E-state index < -0.39 is 29.8 Å². The standard InChI is InChI=1S/C20H20N2O9/c1-4-29-13(24)9-22-12(23)8-21-7-11-15(25)14-16(27-2)10-5-6-30-17(10)19(28-3)18(14)31-20(11)26/h5-7,25H,4,8-9H2,1-3H3,(H,22,23). The Morgan fingerprint density at radius 1 is 1.23 bits per heavy atom. The number of methoxy groups -OCH3 is 2. The van der Waals surface area contributed by atoms with Crippen molar-refractivity contribution in [3.63, 3.8) is 0 Å². The third-order valence-corrected chi connectivity index (χ3v) is 4.28. The largest absolute Gasteiger partial charge is 0.506 e. The molecule has 1 aromatic carbocycles. The Bertz CT molecular complexity index is 1220. The van der Waals surface area contributed by atoms with Crippen LogP contribution < -0.4 is 20.4 Å². The number of aliphatic imine (C=N–C) groups is 1. The predicted octanol–water partition coefficient (Wildman–Crippen LogP) is 1.36. The molecular formula is C20H20N2O9. The van der Waals surface area contributed by atoms with Gasteiger partial charge in [-0.25, -0.2) is 4.79 Å². The molecule has 31 heavy (non-hydrogen) atoms. The fraction of sp³-hybridized carbons (Fsp3) is 0.300. The number of amides is 1. The SMILES string of the molecule is CCOC(=O)CNC(=O)CN=Cc1c(O)c2c(OC)c3ccoc3c(OC)c2oc1=O. The van der Waals surface area contributed by atoms with Crippen LogP contribution in [0.1, 0.15) is 12.5 Å². The van der Waals surface area contributed by atoms with Gasteiger partial charge in [-0.2, -0.15) is 0 Å². The van der Waals surface area contributed by atoms with Gasteiger partial charge in [-0.3, -0.25) is 14.6 Å². The fourth-order valence-corrected chi connectivity index (χ4v) is 2.98. The van der Waals surface area contributed by atoms with Gasteiger partial charge in [-0.05, 0) is 13.0 Å². The first-order valence-corrected chi connectivity index (χ1v) is 9.15. The Hall–Kier alpha value is -4.02. The zero-order valence-corrected chi connectivity index (χ0v) is 17.0. The van der Waals surface area contributed by atoms with Crippen molar-refractivity contribution in [2.45, 2.75) is 6.92 Å². The number of aromatic hydroxyl groups is 1. The molecule has 0 aliphatic heterocycles.